The van der Waals surface area contributed by atoms with Crippen LogP contribution in [0.15, 0.2) is 18.2 Å². The fraction of sp³-hybridized carbons (Fsp3) is 0.500. The standard InChI is InChI=1S/C12H16FN/c1-9-6-12(13)5-4-11(9)8-14-7-10-2-3-10/h4-6,10,14H,2-3,7-8H2,1H3. The van der Waals surface area contributed by atoms with Gasteiger partial charge in [0.1, 0.15) is 5.82 Å². The van der Waals surface area contributed by atoms with E-state index >= 15 is 0 Å². The quantitative estimate of drug-likeness (QED) is 0.775. The van der Waals surface area contributed by atoms with Crippen molar-refractivity contribution in [1.29, 1.82) is 0 Å². The number of benzene rings is 1. The lowest BCUT2D eigenvalue weighted by molar-refractivity contribution is 0.617. The predicted octanol–water partition coefficient (Wildman–Crippen LogP) is 2.63. The van der Waals surface area contributed by atoms with Crippen molar-refractivity contribution in [3.05, 3.63) is 35.1 Å². The van der Waals surface area contributed by atoms with Gasteiger partial charge in [0.2, 0.25) is 0 Å². The number of rotatable bonds is 4. The van der Waals surface area contributed by atoms with Crippen molar-refractivity contribution in [3.63, 3.8) is 0 Å². The number of hydrogen-bond donors (Lipinski definition) is 1. The fourth-order valence-electron chi connectivity index (χ4n) is 1.59. The van der Waals surface area contributed by atoms with E-state index in [0.29, 0.717) is 0 Å². The molecule has 1 N–H and O–H groups in total. The minimum Gasteiger partial charge on any atom is -0.312 e. The Balaban J connectivity index is 1.87. The van der Waals surface area contributed by atoms with Crippen LogP contribution in [0.1, 0.15) is 24.0 Å². The summed E-state index contributed by atoms with van der Waals surface area (Å²) in [7, 11) is 0. The molecule has 14 heavy (non-hydrogen) atoms. The van der Waals surface area contributed by atoms with E-state index in [1.807, 2.05) is 13.0 Å². The lowest BCUT2D eigenvalue weighted by Gasteiger charge is -2.07. The Morgan fingerprint density at radius 1 is 1.43 bits per heavy atom. The van der Waals surface area contributed by atoms with Crippen molar-refractivity contribution >= 4 is 0 Å². The van der Waals surface area contributed by atoms with Crippen LogP contribution in [0.3, 0.4) is 0 Å². The number of hydrogen-bond acceptors (Lipinski definition) is 1. The molecule has 0 spiro atoms. The number of nitrogens with one attached hydrogen (secondary N) is 1. The van der Waals surface area contributed by atoms with Crippen LogP contribution in [0, 0.1) is 18.7 Å². The Morgan fingerprint density at radius 3 is 2.86 bits per heavy atom. The molecule has 0 aliphatic heterocycles. The average Bonchev–Trinajstić information content (AvgIpc) is 2.92. The zero-order chi connectivity index (χ0) is 9.97. The Morgan fingerprint density at radius 2 is 2.21 bits per heavy atom. The molecule has 1 aliphatic carbocycles. The van der Waals surface area contributed by atoms with Crippen molar-refractivity contribution in [1.82, 2.24) is 5.32 Å². The SMILES string of the molecule is Cc1cc(F)ccc1CNCC1CC1. The molecule has 0 unspecified atom stereocenters. The molecule has 0 bridgehead atoms. The van der Waals surface area contributed by atoms with Gasteiger partial charge in [0, 0.05) is 6.54 Å². The van der Waals surface area contributed by atoms with Crippen LogP contribution in [-0.4, -0.2) is 6.54 Å². The highest BCUT2D eigenvalue weighted by Crippen LogP contribution is 2.27. The summed E-state index contributed by atoms with van der Waals surface area (Å²) in [5, 5.41) is 3.40. The molecule has 1 saturated carbocycles. The number of aryl methyl sites for hydroxylation is 1. The molecule has 0 saturated heterocycles. The second kappa shape index (κ2) is 4.09. The van der Waals surface area contributed by atoms with Crippen LogP contribution in [0.5, 0.6) is 0 Å². The van der Waals surface area contributed by atoms with E-state index in [1.54, 1.807) is 6.07 Å². The monoisotopic (exact) mass is 193 g/mol. The predicted molar refractivity (Wildman–Crippen MR) is 55.6 cm³/mol. The van der Waals surface area contributed by atoms with Crippen molar-refractivity contribution in [2.24, 2.45) is 5.92 Å². The third-order valence-electron chi connectivity index (χ3n) is 2.75. The fourth-order valence-corrected chi connectivity index (χ4v) is 1.59. The second-order valence-electron chi connectivity index (χ2n) is 4.15. The van der Waals surface area contributed by atoms with Crippen LogP contribution >= 0.6 is 0 Å². The molecule has 0 aromatic heterocycles. The number of halogens is 1. The highest BCUT2D eigenvalue weighted by molar-refractivity contribution is 5.26. The molecule has 76 valence electrons. The topological polar surface area (TPSA) is 12.0 Å². The van der Waals surface area contributed by atoms with Crippen molar-refractivity contribution in [2.75, 3.05) is 6.54 Å². The summed E-state index contributed by atoms with van der Waals surface area (Å²) in [6, 6.07) is 4.99. The molecule has 1 fully saturated rings. The van der Waals surface area contributed by atoms with Gasteiger partial charge in [0.05, 0.1) is 0 Å². The van der Waals surface area contributed by atoms with Crippen LogP contribution in [-0.2, 0) is 6.54 Å². The minimum absolute atomic E-state index is 0.145. The molecule has 1 nitrogen and oxygen atoms in total. The Bertz CT molecular complexity index is 318. The Hall–Kier alpha value is -0.890. The maximum Gasteiger partial charge on any atom is 0.123 e. The molecular weight excluding hydrogens is 177 g/mol. The van der Waals surface area contributed by atoms with Crippen LogP contribution in [0.25, 0.3) is 0 Å². The normalized spacial score (nSPS) is 15.9. The first kappa shape index (κ1) is 9.66. The van der Waals surface area contributed by atoms with E-state index in [2.05, 4.69) is 5.32 Å². The van der Waals surface area contributed by atoms with Crippen LogP contribution < -0.4 is 5.32 Å². The van der Waals surface area contributed by atoms with Gasteiger partial charge in [-0.25, -0.2) is 4.39 Å². The van der Waals surface area contributed by atoms with E-state index < -0.39 is 0 Å². The molecule has 2 heteroatoms. The third-order valence-corrected chi connectivity index (χ3v) is 2.75. The first-order chi connectivity index (χ1) is 6.75. The minimum atomic E-state index is -0.145. The van der Waals surface area contributed by atoms with Gasteiger partial charge in [0.25, 0.3) is 0 Å². The summed E-state index contributed by atoms with van der Waals surface area (Å²) in [6.45, 7) is 3.93. The summed E-state index contributed by atoms with van der Waals surface area (Å²) < 4.78 is 12.8. The summed E-state index contributed by atoms with van der Waals surface area (Å²) in [4.78, 5) is 0. The van der Waals surface area contributed by atoms with Gasteiger partial charge < -0.3 is 5.32 Å². The van der Waals surface area contributed by atoms with Gasteiger partial charge in [-0.15, -0.1) is 0 Å². The molecule has 0 heterocycles. The molecular formula is C12H16FN. The van der Waals surface area contributed by atoms with E-state index in [-0.39, 0.29) is 5.82 Å². The molecule has 1 aromatic rings. The van der Waals surface area contributed by atoms with E-state index in [9.17, 15) is 4.39 Å². The Kier molecular flexibility index (Phi) is 2.82. The lowest BCUT2D eigenvalue weighted by Crippen LogP contribution is -2.16. The van der Waals surface area contributed by atoms with Crippen LogP contribution in [0.4, 0.5) is 4.39 Å². The first-order valence-electron chi connectivity index (χ1n) is 5.21. The molecule has 0 amide bonds. The largest absolute Gasteiger partial charge is 0.312 e. The van der Waals surface area contributed by atoms with Crippen molar-refractivity contribution in [2.45, 2.75) is 26.3 Å². The van der Waals surface area contributed by atoms with Gasteiger partial charge in [-0.2, -0.15) is 0 Å². The smallest absolute Gasteiger partial charge is 0.123 e. The van der Waals surface area contributed by atoms with Gasteiger partial charge in [-0.05, 0) is 55.5 Å². The van der Waals surface area contributed by atoms with Crippen molar-refractivity contribution in [3.8, 4) is 0 Å². The summed E-state index contributed by atoms with van der Waals surface area (Å²) in [6.07, 6.45) is 2.74. The zero-order valence-corrected chi connectivity index (χ0v) is 8.52. The molecule has 1 aliphatic rings. The molecule has 1 aromatic carbocycles. The van der Waals surface area contributed by atoms with Gasteiger partial charge >= 0.3 is 0 Å². The molecule has 0 atom stereocenters. The maximum absolute atomic E-state index is 12.8. The zero-order valence-electron chi connectivity index (χ0n) is 8.52. The first-order valence-corrected chi connectivity index (χ1v) is 5.21. The second-order valence-corrected chi connectivity index (χ2v) is 4.15. The van der Waals surface area contributed by atoms with Gasteiger partial charge in [0.15, 0.2) is 0 Å². The van der Waals surface area contributed by atoms with Gasteiger partial charge in [-0.3, -0.25) is 0 Å². The molecule has 2 rings (SSSR count). The summed E-state index contributed by atoms with van der Waals surface area (Å²) in [5.41, 5.74) is 2.24. The van der Waals surface area contributed by atoms with Gasteiger partial charge in [-0.1, -0.05) is 6.07 Å². The third kappa shape index (κ3) is 2.55. The van der Waals surface area contributed by atoms with Crippen molar-refractivity contribution < 1.29 is 4.39 Å². The highest BCUT2D eigenvalue weighted by Gasteiger charge is 2.20. The summed E-state index contributed by atoms with van der Waals surface area (Å²) >= 11 is 0. The van der Waals surface area contributed by atoms with E-state index in [4.69, 9.17) is 0 Å². The maximum atomic E-state index is 12.8. The van der Waals surface area contributed by atoms with E-state index in [1.165, 1.54) is 24.5 Å². The lowest BCUT2D eigenvalue weighted by atomic mass is 10.1. The Labute approximate surface area is 84.3 Å². The summed E-state index contributed by atoms with van der Waals surface area (Å²) in [5.74, 6) is 0.754. The molecule has 0 radical (unpaired) electrons. The average molecular weight is 193 g/mol. The van der Waals surface area contributed by atoms with E-state index in [0.717, 1.165) is 24.6 Å². The van der Waals surface area contributed by atoms with Crippen LogP contribution in [0.2, 0.25) is 0 Å². The highest BCUT2D eigenvalue weighted by atomic mass is 19.1.